The van der Waals surface area contributed by atoms with Gasteiger partial charge in [-0.3, -0.25) is 0 Å². The van der Waals surface area contributed by atoms with Crippen molar-refractivity contribution < 1.29 is 13.2 Å². The summed E-state index contributed by atoms with van der Waals surface area (Å²) in [4.78, 5) is 2.11. The van der Waals surface area contributed by atoms with Gasteiger partial charge in [-0.15, -0.1) is 0 Å². The molecule has 1 aliphatic heterocycles. The van der Waals surface area contributed by atoms with Gasteiger partial charge in [0.2, 0.25) is 0 Å². The van der Waals surface area contributed by atoms with Crippen molar-refractivity contribution in [1.29, 1.82) is 0 Å². The summed E-state index contributed by atoms with van der Waals surface area (Å²) < 4.78 is 37.9. The van der Waals surface area contributed by atoms with Gasteiger partial charge in [-0.05, 0) is 37.4 Å². The van der Waals surface area contributed by atoms with E-state index in [1.54, 1.807) is 0 Å². The van der Waals surface area contributed by atoms with Crippen molar-refractivity contribution in [2.45, 2.75) is 32.0 Å². The van der Waals surface area contributed by atoms with Gasteiger partial charge in [-0.1, -0.05) is 37.3 Å². The van der Waals surface area contributed by atoms with E-state index in [0.717, 1.165) is 12.1 Å². The molecule has 2 nitrogen and oxygen atoms in total. The first-order valence-electron chi connectivity index (χ1n) is 7.47. The summed E-state index contributed by atoms with van der Waals surface area (Å²) in [5, 5.41) is 0. The standard InChI is InChI=1S/C16H23F3N2/c1-12(15(20)13-5-3-2-4-6-13)11-21-9-7-14(8-10-21)16(17,18)19/h2-6,12,14-15H,7-11,20H2,1H3/t12-,15+/m0/s1. The van der Waals surface area contributed by atoms with Gasteiger partial charge in [0.25, 0.3) is 0 Å². The number of alkyl halides is 3. The van der Waals surface area contributed by atoms with Crippen LogP contribution in [0.25, 0.3) is 0 Å². The summed E-state index contributed by atoms with van der Waals surface area (Å²) in [6.07, 6.45) is -3.63. The van der Waals surface area contributed by atoms with Gasteiger partial charge in [-0.2, -0.15) is 13.2 Å². The maximum Gasteiger partial charge on any atom is 0.391 e. The zero-order valence-corrected chi connectivity index (χ0v) is 12.3. The highest BCUT2D eigenvalue weighted by molar-refractivity contribution is 5.19. The smallest absolute Gasteiger partial charge is 0.324 e. The molecule has 0 saturated carbocycles. The van der Waals surface area contributed by atoms with Crippen molar-refractivity contribution in [1.82, 2.24) is 4.90 Å². The Hall–Kier alpha value is -1.07. The van der Waals surface area contributed by atoms with E-state index in [2.05, 4.69) is 11.8 Å². The van der Waals surface area contributed by atoms with E-state index in [-0.39, 0.29) is 24.8 Å². The predicted molar refractivity (Wildman–Crippen MR) is 77.8 cm³/mol. The maximum atomic E-state index is 12.6. The van der Waals surface area contributed by atoms with Gasteiger partial charge in [0, 0.05) is 12.6 Å². The molecule has 2 rings (SSSR count). The number of rotatable bonds is 4. The summed E-state index contributed by atoms with van der Waals surface area (Å²) in [5.41, 5.74) is 7.32. The molecule has 1 aromatic rings. The Kier molecular flexibility index (Phi) is 5.27. The van der Waals surface area contributed by atoms with Gasteiger partial charge >= 0.3 is 6.18 Å². The van der Waals surface area contributed by atoms with Crippen molar-refractivity contribution >= 4 is 0 Å². The second-order valence-electron chi connectivity index (χ2n) is 6.03. The number of hydrogen-bond acceptors (Lipinski definition) is 2. The molecule has 0 unspecified atom stereocenters. The SMILES string of the molecule is C[C@@H](CN1CCC(C(F)(F)F)CC1)[C@@H](N)c1ccccc1. The molecule has 1 aliphatic rings. The van der Waals surface area contributed by atoms with Crippen LogP contribution in [0.1, 0.15) is 31.4 Å². The molecule has 2 atom stereocenters. The third kappa shape index (κ3) is 4.45. The Bertz CT molecular complexity index is 425. The van der Waals surface area contributed by atoms with Crippen LogP contribution in [0, 0.1) is 11.8 Å². The monoisotopic (exact) mass is 300 g/mol. The highest BCUT2D eigenvalue weighted by atomic mass is 19.4. The van der Waals surface area contributed by atoms with Crippen molar-refractivity contribution in [3.05, 3.63) is 35.9 Å². The first-order chi connectivity index (χ1) is 9.88. The summed E-state index contributed by atoms with van der Waals surface area (Å²) in [6, 6.07) is 9.77. The normalized spacial score (nSPS) is 21.2. The quantitative estimate of drug-likeness (QED) is 0.920. The first kappa shape index (κ1) is 16.3. The molecule has 0 amide bonds. The lowest BCUT2D eigenvalue weighted by Gasteiger charge is -2.35. The highest BCUT2D eigenvalue weighted by Crippen LogP contribution is 2.34. The van der Waals surface area contributed by atoms with Crippen LogP contribution in [0.2, 0.25) is 0 Å². The second kappa shape index (κ2) is 6.79. The number of piperidine rings is 1. The zero-order chi connectivity index (χ0) is 15.5. The lowest BCUT2D eigenvalue weighted by molar-refractivity contribution is -0.185. The molecule has 1 saturated heterocycles. The number of likely N-dealkylation sites (tertiary alicyclic amines) is 1. The van der Waals surface area contributed by atoms with Crippen molar-refractivity contribution in [3.8, 4) is 0 Å². The van der Waals surface area contributed by atoms with Crippen LogP contribution in [0.5, 0.6) is 0 Å². The summed E-state index contributed by atoms with van der Waals surface area (Å²) in [6.45, 7) is 3.83. The fraction of sp³-hybridized carbons (Fsp3) is 0.625. The predicted octanol–water partition coefficient (Wildman–Crippen LogP) is 3.60. The number of hydrogen-bond donors (Lipinski definition) is 1. The molecule has 118 valence electrons. The molecule has 2 N–H and O–H groups in total. The van der Waals surface area contributed by atoms with Gasteiger partial charge in [0.05, 0.1) is 5.92 Å². The fourth-order valence-corrected chi connectivity index (χ4v) is 2.97. The molecule has 0 aliphatic carbocycles. The molecular weight excluding hydrogens is 277 g/mol. The van der Waals surface area contributed by atoms with E-state index in [4.69, 9.17) is 5.73 Å². The molecule has 1 aromatic carbocycles. The fourth-order valence-electron chi connectivity index (χ4n) is 2.97. The zero-order valence-electron chi connectivity index (χ0n) is 12.3. The lowest BCUT2D eigenvalue weighted by atomic mass is 9.92. The van der Waals surface area contributed by atoms with Crippen LogP contribution in [0.3, 0.4) is 0 Å². The van der Waals surface area contributed by atoms with E-state index >= 15 is 0 Å². The van der Waals surface area contributed by atoms with E-state index in [1.807, 2.05) is 30.3 Å². The molecule has 0 bridgehead atoms. The number of nitrogens with zero attached hydrogens (tertiary/aromatic N) is 1. The molecule has 0 radical (unpaired) electrons. The third-order valence-corrected chi connectivity index (χ3v) is 4.39. The van der Waals surface area contributed by atoms with Crippen LogP contribution in [-0.4, -0.2) is 30.7 Å². The van der Waals surface area contributed by atoms with Crippen LogP contribution in [-0.2, 0) is 0 Å². The Morgan fingerprint density at radius 3 is 2.29 bits per heavy atom. The molecule has 1 heterocycles. The molecular formula is C16H23F3N2. The van der Waals surface area contributed by atoms with Crippen molar-refractivity contribution in [2.75, 3.05) is 19.6 Å². The molecule has 1 fully saturated rings. The molecule has 21 heavy (non-hydrogen) atoms. The van der Waals surface area contributed by atoms with Gasteiger partial charge in [0.1, 0.15) is 0 Å². The average Bonchev–Trinajstić information content (AvgIpc) is 2.47. The molecule has 0 spiro atoms. The Morgan fingerprint density at radius 1 is 1.19 bits per heavy atom. The van der Waals surface area contributed by atoms with Gasteiger partial charge in [0.15, 0.2) is 0 Å². The number of nitrogens with two attached hydrogens (primary N) is 1. The minimum atomic E-state index is -4.04. The van der Waals surface area contributed by atoms with Gasteiger partial charge < -0.3 is 10.6 Å². The average molecular weight is 300 g/mol. The Morgan fingerprint density at radius 2 is 1.76 bits per heavy atom. The Labute approximate surface area is 124 Å². The van der Waals surface area contributed by atoms with Crippen LogP contribution in [0.15, 0.2) is 30.3 Å². The van der Waals surface area contributed by atoms with E-state index in [0.29, 0.717) is 13.1 Å². The van der Waals surface area contributed by atoms with Crippen LogP contribution >= 0.6 is 0 Å². The minimum absolute atomic E-state index is 0.0773. The molecule has 0 aromatic heterocycles. The maximum absolute atomic E-state index is 12.6. The third-order valence-electron chi connectivity index (χ3n) is 4.39. The Balaban J connectivity index is 1.83. The van der Waals surface area contributed by atoms with Crippen LogP contribution < -0.4 is 5.73 Å². The topological polar surface area (TPSA) is 29.3 Å². The second-order valence-corrected chi connectivity index (χ2v) is 6.03. The van der Waals surface area contributed by atoms with Crippen LogP contribution in [0.4, 0.5) is 13.2 Å². The number of halogens is 3. The number of benzene rings is 1. The highest BCUT2D eigenvalue weighted by Gasteiger charge is 2.41. The summed E-state index contributed by atoms with van der Waals surface area (Å²) in [7, 11) is 0. The van der Waals surface area contributed by atoms with Crippen molar-refractivity contribution in [2.24, 2.45) is 17.6 Å². The summed E-state index contributed by atoms with van der Waals surface area (Å²) >= 11 is 0. The first-order valence-corrected chi connectivity index (χ1v) is 7.47. The molecule has 5 heteroatoms. The lowest BCUT2D eigenvalue weighted by Crippen LogP contribution is -2.42. The van der Waals surface area contributed by atoms with E-state index in [1.165, 1.54) is 0 Å². The van der Waals surface area contributed by atoms with Gasteiger partial charge in [-0.25, -0.2) is 0 Å². The van der Waals surface area contributed by atoms with E-state index in [9.17, 15) is 13.2 Å². The van der Waals surface area contributed by atoms with Crippen molar-refractivity contribution in [3.63, 3.8) is 0 Å². The summed E-state index contributed by atoms with van der Waals surface area (Å²) in [5.74, 6) is -0.915. The largest absolute Gasteiger partial charge is 0.391 e. The minimum Gasteiger partial charge on any atom is -0.324 e. The van der Waals surface area contributed by atoms with E-state index < -0.39 is 12.1 Å².